The average Bonchev–Trinajstić information content (AvgIpc) is 2.38. The molecule has 0 saturated carbocycles. The third-order valence-electron chi connectivity index (χ3n) is 3.49. The van der Waals surface area contributed by atoms with E-state index in [9.17, 15) is 14.3 Å². The smallest absolute Gasteiger partial charge is 0.369 e. The standard InChI is InChI=1S/C13H23N2O4P/c1-4-9(5-2)19-12-7-10(20(17)18)6-11(14)13(12)15-8(3)16/h7,9,11-13H,4-6,14H2,1-3H3,(H-,15,16,17,18)/p+1/t11-,12+,13+/m0/s1. The Hall–Kier alpha value is -0.810. The summed E-state index contributed by atoms with van der Waals surface area (Å²) in [6.07, 6.45) is 3.18. The van der Waals surface area contributed by atoms with E-state index in [1.165, 1.54) is 6.92 Å². The molecule has 0 saturated heterocycles. The number of hydrogen-bond acceptors (Lipinski definition) is 4. The Bertz CT molecular complexity index is 396. The third kappa shape index (κ3) is 4.63. The van der Waals surface area contributed by atoms with Crippen LogP contribution in [0.3, 0.4) is 0 Å². The van der Waals surface area contributed by atoms with Gasteiger partial charge in [-0.05, 0) is 23.5 Å². The number of nitrogens with two attached hydrogens (primary N) is 1. The van der Waals surface area contributed by atoms with E-state index < -0.39 is 20.2 Å². The molecule has 0 bridgehead atoms. The van der Waals surface area contributed by atoms with Gasteiger partial charge >= 0.3 is 8.03 Å². The Balaban J connectivity index is 2.96. The number of carbonyl (C=O) groups excluding carboxylic acids is 1. The normalized spacial score (nSPS) is 27.2. The van der Waals surface area contributed by atoms with Crippen LogP contribution in [0, 0.1) is 0 Å². The second-order valence-corrected chi connectivity index (χ2v) is 6.18. The molecule has 1 unspecified atom stereocenters. The zero-order valence-corrected chi connectivity index (χ0v) is 13.1. The van der Waals surface area contributed by atoms with Crippen LogP contribution >= 0.6 is 8.03 Å². The van der Waals surface area contributed by atoms with E-state index in [4.69, 9.17) is 10.5 Å². The highest BCUT2D eigenvalue weighted by Crippen LogP contribution is 2.36. The summed E-state index contributed by atoms with van der Waals surface area (Å²) >= 11 is 0. The van der Waals surface area contributed by atoms with Crippen molar-refractivity contribution < 1.29 is 19.0 Å². The number of hydrogen-bond donors (Lipinski definition) is 3. The van der Waals surface area contributed by atoms with Crippen LogP contribution in [-0.2, 0) is 14.1 Å². The first-order valence-electron chi connectivity index (χ1n) is 6.93. The molecule has 6 nitrogen and oxygen atoms in total. The van der Waals surface area contributed by atoms with Crippen molar-refractivity contribution in [1.29, 1.82) is 0 Å². The van der Waals surface area contributed by atoms with E-state index in [2.05, 4.69) is 5.32 Å². The zero-order valence-electron chi connectivity index (χ0n) is 12.2. The Labute approximate surface area is 120 Å². The molecule has 0 aromatic rings. The van der Waals surface area contributed by atoms with E-state index in [-0.39, 0.29) is 18.1 Å². The first kappa shape index (κ1) is 17.2. The topological polar surface area (TPSA) is 102 Å². The lowest BCUT2D eigenvalue weighted by Crippen LogP contribution is -2.56. The quantitative estimate of drug-likeness (QED) is 0.644. The Morgan fingerprint density at radius 2 is 2.20 bits per heavy atom. The van der Waals surface area contributed by atoms with Crippen LogP contribution in [0.5, 0.6) is 0 Å². The van der Waals surface area contributed by atoms with Crippen LogP contribution in [-0.4, -0.2) is 35.1 Å². The van der Waals surface area contributed by atoms with Gasteiger partial charge in [0, 0.05) is 19.4 Å². The van der Waals surface area contributed by atoms with Gasteiger partial charge < -0.3 is 15.8 Å². The summed E-state index contributed by atoms with van der Waals surface area (Å²) in [6, 6.07) is -0.795. The molecular formula is C13H24N2O4P+. The van der Waals surface area contributed by atoms with Crippen LogP contribution < -0.4 is 11.1 Å². The van der Waals surface area contributed by atoms with Gasteiger partial charge in [0.1, 0.15) is 6.10 Å². The Morgan fingerprint density at radius 1 is 1.60 bits per heavy atom. The van der Waals surface area contributed by atoms with Crippen LogP contribution in [0.25, 0.3) is 0 Å². The summed E-state index contributed by atoms with van der Waals surface area (Å²) in [5, 5.41) is 3.18. The van der Waals surface area contributed by atoms with E-state index in [1.54, 1.807) is 6.08 Å². The predicted octanol–water partition coefficient (Wildman–Crippen LogP) is 1.41. The van der Waals surface area contributed by atoms with E-state index >= 15 is 0 Å². The fraction of sp³-hybridized carbons (Fsp3) is 0.769. The summed E-state index contributed by atoms with van der Waals surface area (Å²) < 4.78 is 17.2. The molecule has 7 heteroatoms. The lowest BCUT2D eigenvalue weighted by Gasteiger charge is -2.34. The predicted molar refractivity (Wildman–Crippen MR) is 77.3 cm³/mol. The summed E-state index contributed by atoms with van der Waals surface area (Å²) in [5.41, 5.74) is 6.03. The molecular weight excluding hydrogens is 279 g/mol. The van der Waals surface area contributed by atoms with Crippen molar-refractivity contribution >= 4 is 13.9 Å². The lowest BCUT2D eigenvalue weighted by atomic mass is 9.93. The molecule has 0 aromatic carbocycles. The van der Waals surface area contributed by atoms with Gasteiger partial charge in [-0.3, -0.25) is 4.79 Å². The fourth-order valence-electron chi connectivity index (χ4n) is 2.37. The van der Waals surface area contributed by atoms with Gasteiger partial charge in [-0.25, -0.2) is 0 Å². The molecule has 4 N–H and O–H groups in total. The van der Waals surface area contributed by atoms with Crippen molar-refractivity contribution in [2.45, 2.75) is 64.3 Å². The number of rotatable bonds is 6. The minimum Gasteiger partial charge on any atom is -0.369 e. The number of amides is 1. The minimum atomic E-state index is -2.41. The molecule has 0 aromatic heterocycles. The summed E-state index contributed by atoms with van der Waals surface area (Å²) in [7, 11) is -2.41. The summed E-state index contributed by atoms with van der Waals surface area (Å²) in [6.45, 7) is 5.45. The molecule has 20 heavy (non-hydrogen) atoms. The molecule has 1 aliphatic carbocycles. The van der Waals surface area contributed by atoms with E-state index in [0.717, 1.165) is 12.8 Å². The second kappa shape index (κ2) is 7.84. The number of ether oxygens (including phenoxy) is 1. The molecule has 114 valence electrons. The van der Waals surface area contributed by atoms with Crippen LogP contribution in [0.2, 0.25) is 0 Å². The van der Waals surface area contributed by atoms with Crippen molar-refractivity contribution in [3.05, 3.63) is 11.4 Å². The highest BCUT2D eigenvalue weighted by molar-refractivity contribution is 7.43. The van der Waals surface area contributed by atoms with Crippen molar-refractivity contribution in [3.8, 4) is 0 Å². The highest BCUT2D eigenvalue weighted by Gasteiger charge is 2.39. The van der Waals surface area contributed by atoms with Gasteiger partial charge in [0.05, 0.1) is 12.1 Å². The molecule has 0 fully saturated rings. The Morgan fingerprint density at radius 3 is 2.65 bits per heavy atom. The third-order valence-corrected chi connectivity index (χ3v) is 4.32. The zero-order chi connectivity index (χ0) is 15.3. The highest BCUT2D eigenvalue weighted by atomic mass is 31.1. The van der Waals surface area contributed by atoms with Crippen LogP contribution in [0.1, 0.15) is 40.0 Å². The second-order valence-electron chi connectivity index (χ2n) is 5.06. The van der Waals surface area contributed by atoms with Crippen molar-refractivity contribution in [3.63, 3.8) is 0 Å². The van der Waals surface area contributed by atoms with Gasteiger partial charge in [0.15, 0.2) is 0 Å². The summed E-state index contributed by atoms with van der Waals surface area (Å²) in [4.78, 5) is 20.6. The number of nitrogens with one attached hydrogen (secondary N) is 1. The minimum absolute atomic E-state index is 0.0376. The average molecular weight is 303 g/mol. The fourth-order valence-corrected chi connectivity index (χ4v) is 3.01. The first-order chi connectivity index (χ1) is 9.38. The maximum Gasteiger partial charge on any atom is 0.541 e. The molecule has 0 spiro atoms. The van der Waals surface area contributed by atoms with E-state index in [1.807, 2.05) is 13.8 Å². The molecule has 1 amide bonds. The Kier molecular flexibility index (Phi) is 6.76. The van der Waals surface area contributed by atoms with Gasteiger partial charge in [0.25, 0.3) is 0 Å². The van der Waals surface area contributed by atoms with Crippen LogP contribution in [0.4, 0.5) is 0 Å². The van der Waals surface area contributed by atoms with Gasteiger partial charge in [0.2, 0.25) is 11.2 Å². The molecule has 0 heterocycles. The molecule has 1 rings (SSSR count). The van der Waals surface area contributed by atoms with Crippen LogP contribution in [0.15, 0.2) is 11.4 Å². The maximum absolute atomic E-state index is 11.3. The molecule has 1 aliphatic rings. The van der Waals surface area contributed by atoms with E-state index in [0.29, 0.717) is 11.7 Å². The first-order valence-corrected chi connectivity index (χ1v) is 8.15. The van der Waals surface area contributed by atoms with Gasteiger partial charge in [-0.1, -0.05) is 13.8 Å². The summed E-state index contributed by atoms with van der Waals surface area (Å²) in [5.74, 6) is -0.186. The van der Waals surface area contributed by atoms with Crippen molar-refractivity contribution in [2.24, 2.45) is 5.73 Å². The van der Waals surface area contributed by atoms with Crippen molar-refractivity contribution in [2.75, 3.05) is 0 Å². The van der Waals surface area contributed by atoms with Gasteiger partial charge in [-0.2, -0.15) is 4.89 Å². The SMILES string of the molecule is CCC(CC)O[C@@H]1C=C([P+](=O)O)C[C@H](N)[C@H]1NC(C)=O. The largest absolute Gasteiger partial charge is 0.541 e. The molecule has 0 aliphatic heterocycles. The number of carbonyl (C=O) groups is 1. The lowest BCUT2D eigenvalue weighted by molar-refractivity contribution is -0.121. The molecule has 0 radical (unpaired) electrons. The monoisotopic (exact) mass is 303 g/mol. The van der Waals surface area contributed by atoms with Crippen molar-refractivity contribution in [1.82, 2.24) is 5.32 Å². The van der Waals surface area contributed by atoms with Gasteiger partial charge in [-0.15, -0.1) is 0 Å². The molecule has 4 atom stereocenters. The maximum atomic E-state index is 11.3.